The number of benzene rings is 1. The Bertz CT molecular complexity index is 605. The second-order valence-electron chi connectivity index (χ2n) is 5.33. The van der Waals surface area contributed by atoms with Crippen molar-refractivity contribution in [1.82, 2.24) is 5.32 Å². The zero-order chi connectivity index (χ0) is 15.5. The Kier molecular flexibility index (Phi) is 7.12. The van der Waals surface area contributed by atoms with Crippen molar-refractivity contribution in [3.63, 3.8) is 0 Å². The van der Waals surface area contributed by atoms with Gasteiger partial charge in [0.2, 0.25) is 5.91 Å². The summed E-state index contributed by atoms with van der Waals surface area (Å²) >= 11 is 5.73. The number of hydrogen-bond acceptors (Lipinski definition) is 4. The molecule has 2 rings (SSSR count). The molecule has 0 radical (unpaired) electrons. The van der Waals surface area contributed by atoms with Gasteiger partial charge in [-0.2, -0.15) is 0 Å². The molecule has 8 heteroatoms. The van der Waals surface area contributed by atoms with E-state index >= 15 is 0 Å². The molecule has 2 unspecified atom stereocenters. The summed E-state index contributed by atoms with van der Waals surface area (Å²) in [4.78, 5) is 12.1. The van der Waals surface area contributed by atoms with E-state index in [-0.39, 0.29) is 47.5 Å². The van der Waals surface area contributed by atoms with Gasteiger partial charge in [-0.25, -0.2) is 8.42 Å². The summed E-state index contributed by atoms with van der Waals surface area (Å²) in [7, 11) is -3.41. The van der Waals surface area contributed by atoms with Crippen molar-refractivity contribution in [2.24, 2.45) is 11.7 Å². The third-order valence-electron chi connectivity index (χ3n) is 3.69. The van der Waals surface area contributed by atoms with Crippen molar-refractivity contribution in [3.8, 4) is 0 Å². The first kappa shape index (κ1) is 19.2. The maximum atomic E-state index is 12.1. The van der Waals surface area contributed by atoms with Crippen LogP contribution in [-0.4, -0.2) is 32.7 Å². The molecule has 1 fully saturated rings. The molecule has 2 atom stereocenters. The molecule has 1 amide bonds. The van der Waals surface area contributed by atoms with Gasteiger partial charge in [0, 0.05) is 23.5 Å². The number of hydrogen-bond donors (Lipinski definition) is 2. The van der Waals surface area contributed by atoms with E-state index in [1.54, 1.807) is 0 Å². The molecule has 1 aliphatic carbocycles. The van der Waals surface area contributed by atoms with E-state index in [9.17, 15) is 13.2 Å². The number of nitrogens with two attached hydrogens (primary N) is 1. The van der Waals surface area contributed by atoms with E-state index in [4.69, 9.17) is 17.3 Å². The normalized spacial score (nSPS) is 21.2. The lowest BCUT2D eigenvalue weighted by atomic mass is 10.1. The Morgan fingerprint density at radius 3 is 2.45 bits per heavy atom. The van der Waals surface area contributed by atoms with Crippen molar-refractivity contribution in [2.75, 3.05) is 12.3 Å². The minimum Gasteiger partial charge on any atom is -0.355 e. The van der Waals surface area contributed by atoms with Crippen LogP contribution in [0.3, 0.4) is 0 Å². The highest BCUT2D eigenvalue weighted by Gasteiger charge is 2.27. The van der Waals surface area contributed by atoms with Gasteiger partial charge >= 0.3 is 0 Å². The molecule has 0 spiro atoms. The van der Waals surface area contributed by atoms with Crippen LogP contribution in [0.15, 0.2) is 29.2 Å². The van der Waals surface area contributed by atoms with Crippen molar-refractivity contribution in [3.05, 3.63) is 29.3 Å². The van der Waals surface area contributed by atoms with Gasteiger partial charge in [-0.15, -0.1) is 12.4 Å². The number of nitrogens with one attached hydrogen (secondary N) is 1. The summed E-state index contributed by atoms with van der Waals surface area (Å²) in [5.41, 5.74) is 5.76. The van der Waals surface area contributed by atoms with E-state index in [0.29, 0.717) is 11.4 Å². The molecule has 1 saturated carbocycles. The van der Waals surface area contributed by atoms with Crippen molar-refractivity contribution in [2.45, 2.75) is 30.2 Å². The molecule has 1 aliphatic rings. The van der Waals surface area contributed by atoms with Gasteiger partial charge in [0.05, 0.1) is 10.6 Å². The number of rotatable bonds is 5. The lowest BCUT2D eigenvalue weighted by Crippen LogP contribution is -2.34. The van der Waals surface area contributed by atoms with Crippen LogP contribution in [0, 0.1) is 5.92 Å². The summed E-state index contributed by atoms with van der Waals surface area (Å²) in [5.74, 6) is -0.313. The molecule has 0 heterocycles. The van der Waals surface area contributed by atoms with Gasteiger partial charge in [-0.05, 0) is 43.5 Å². The molecule has 0 saturated heterocycles. The second kappa shape index (κ2) is 8.15. The van der Waals surface area contributed by atoms with E-state index in [0.717, 1.165) is 12.8 Å². The predicted molar refractivity (Wildman–Crippen MR) is 89.1 cm³/mol. The number of carbonyl (C=O) groups excluding carboxylic acids is 1. The first-order valence-corrected chi connectivity index (χ1v) is 8.93. The van der Waals surface area contributed by atoms with Gasteiger partial charge in [0.25, 0.3) is 0 Å². The Labute approximate surface area is 141 Å². The van der Waals surface area contributed by atoms with Crippen LogP contribution in [0.25, 0.3) is 0 Å². The summed E-state index contributed by atoms with van der Waals surface area (Å²) in [6.45, 7) is 0.107. The highest BCUT2D eigenvalue weighted by atomic mass is 35.5. The van der Waals surface area contributed by atoms with Gasteiger partial charge in [0.1, 0.15) is 0 Å². The van der Waals surface area contributed by atoms with E-state index in [1.165, 1.54) is 24.3 Å². The molecule has 0 aromatic heterocycles. The third kappa shape index (κ3) is 5.12. The maximum absolute atomic E-state index is 12.1. The minimum absolute atomic E-state index is 0. The summed E-state index contributed by atoms with van der Waals surface area (Å²) in [6.07, 6.45) is 2.30. The molecule has 3 N–H and O–H groups in total. The molecule has 1 aromatic carbocycles. The minimum atomic E-state index is -3.41. The molecule has 1 aromatic rings. The molecular formula is C14H20Cl2N2O3S. The number of sulfone groups is 1. The monoisotopic (exact) mass is 366 g/mol. The van der Waals surface area contributed by atoms with Gasteiger partial charge < -0.3 is 11.1 Å². The fraction of sp³-hybridized carbons (Fsp3) is 0.500. The van der Waals surface area contributed by atoms with Crippen LogP contribution in [-0.2, 0) is 14.6 Å². The largest absolute Gasteiger partial charge is 0.355 e. The number of carbonyl (C=O) groups is 1. The van der Waals surface area contributed by atoms with E-state index in [1.807, 2.05) is 0 Å². The average Bonchev–Trinajstić information content (AvgIpc) is 2.86. The summed E-state index contributed by atoms with van der Waals surface area (Å²) in [6, 6.07) is 6.09. The first-order chi connectivity index (χ1) is 9.88. The Balaban J connectivity index is 0.00000242. The van der Waals surface area contributed by atoms with Gasteiger partial charge in [-0.3, -0.25) is 4.79 Å². The third-order valence-corrected chi connectivity index (χ3v) is 5.67. The quantitative estimate of drug-likeness (QED) is 0.830. The van der Waals surface area contributed by atoms with E-state index < -0.39 is 9.84 Å². The second-order valence-corrected chi connectivity index (χ2v) is 7.88. The predicted octanol–water partition coefficient (Wildman–Crippen LogP) is 1.78. The highest BCUT2D eigenvalue weighted by molar-refractivity contribution is 7.91. The number of halogens is 2. The summed E-state index contributed by atoms with van der Waals surface area (Å²) < 4.78 is 24.2. The molecular weight excluding hydrogens is 347 g/mol. The topological polar surface area (TPSA) is 89.3 Å². The fourth-order valence-corrected chi connectivity index (χ4v) is 3.75. The van der Waals surface area contributed by atoms with Crippen LogP contribution in [0.2, 0.25) is 5.02 Å². The highest BCUT2D eigenvalue weighted by Crippen LogP contribution is 2.24. The van der Waals surface area contributed by atoms with Crippen LogP contribution in [0.1, 0.15) is 19.3 Å². The molecule has 22 heavy (non-hydrogen) atoms. The maximum Gasteiger partial charge on any atom is 0.223 e. The van der Waals surface area contributed by atoms with Crippen molar-refractivity contribution >= 4 is 39.8 Å². The van der Waals surface area contributed by atoms with Crippen LogP contribution >= 0.6 is 24.0 Å². The molecule has 0 aliphatic heterocycles. The zero-order valence-corrected chi connectivity index (χ0v) is 14.4. The fourth-order valence-electron chi connectivity index (χ4n) is 2.47. The van der Waals surface area contributed by atoms with Crippen LogP contribution < -0.4 is 11.1 Å². The van der Waals surface area contributed by atoms with Gasteiger partial charge in [-0.1, -0.05) is 11.6 Å². The SMILES string of the molecule is Cl.NC1CCC(C(=O)NCCS(=O)(=O)c2ccc(Cl)cc2)C1. The van der Waals surface area contributed by atoms with Gasteiger partial charge in [0.15, 0.2) is 9.84 Å². The lowest BCUT2D eigenvalue weighted by molar-refractivity contribution is -0.124. The zero-order valence-electron chi connectivity index (χ0n) is 12.0. The molecule has 0 bridgehead atoms. The molecule has 124 valence electrons. The standard InChI is InChI=1S/C14H19ClN2O3S.ClH/c15-11-2-5-13(6-3-11)21(19,20)8-7-17-14(18)10-1-4-12(16)9-10;/h2-3,5-6,10,12H,1,4,7-9,16H2,(H,17,18);1H. The Morgan fingerprint density at radius 1 is 1.27 bits per heavy atom. The number of amides is 1. The average molecular weight is 367 g/mol. The van der Waals surface area contributed by atoms with Crippen LogP contribution in [0.5, 0.6) is 0 Å². The Morgan fingerprint density at radius 2 is 1.91 bits per heavy atom. The smallest absolute Gasteiger partial charge is 0.223 e. The van der Waals surface area contributed by atoms with Crippen LogP contribution in [0.4, 0.5) is 0 Å². The lowest BCUT2D eigenvalue weighted by Gasteiger charge is -2.11. The van der Waals surface area contributed by atoms with Crippen molar-refractivity contribution < 1.29 is 13.2 Å². The Hall–Kier alpha value is -0.820. The molecule has 5 nitrogen and oxygen atoms in total. The van der Waals surface area contributed by atoms with E-state index in [2.05, 4.69) is 5.32 Å². The van der Waals surface area contributed by atoms with Crippen molar-refractivity contribution in [1.29, 1.82) is 0 Å². The summed E-state index contributed by atoms with van der Waals surface area (Å²) in [5, 5.41) is 3.17. The first-order valence-electron chi connectivity index (χ1n) is 6.90.